The summed E-state index contributed by atoms with van der Waals surface area (Å²) in [5, 5.41) is 0. The first-order valence-electron chi connectivity index (χ1n) is 8.22. The molecule has 0 aromatic heterocycles. The molecule has 0 fully saturated rings. The van der Waals surface area contributed by atoms with Crippen LogP contribution in [-0.4, -0.2) is 0 Å². The number of benzene rings is 2. The van der Waals surface area contributed by atoms with Gasteiger partial charge in [0.25, 0.3) is 0 Å². The quantitative estimate of drug-likeness (QED) is 0.277. The summed E-state index contributed by atoms with van der Waals surface area (Å²) in [7, 11) is 0. The molecule has 0 N–H and O–H groups in total. The average Bonchev–Trinajstić information content (AvgIpc) is 3.13. The zero-order chi connectivity index (χ0) is 14.9. The van der Waals surface area contributed by atoms with Crippen LogP contribution in [0.25, 0.3) is 11.1 Å². The second kappa shape index (κ2) is 9.15. The molecule has 2 aromatic carbocycles. The van der Waals surface area contributed by atoms with Gasteiger partial charge in [0.2, 0.25) is 0 Å². The molecule has 0 heterocycles. The van der Waals surface area contributed by atoms with Crippen LogP contribution in [-0.2, 0) is 25.6 Å². The Bertz CT molecular complexity index is 790. The monoisotopic (exact) mass is 574 g/mol. The fourth-order valence-corrected chi connectivity index (χ4v) is 5.91. The van der Waals surface area contributed by atoms with Crippen LogP contribution >= 0.6 is 0 Å². The maximum atomic E-state index is 2.39. The van der Waals surface area contributed by atoms with E-state index in [4.69, 9.17) is 0 Å². The van der Waals surface area contributed by atoms with Crippen LogP contribution in [0.15, 0.2) is 64.1 Å². The van der Waals surface area contributed by atoms with Crippen molar-refractivity contribution in [3.63, 3.8) is 0 Å². The zero-order valence-corrected chi connectivity index (χ0v) is 19.7. The predicted octanol–water partition coefficient (Wildman–Crippen LogP) is -1.01. The molecular weight excluding hydrogens is 554 g/mol. The molecule has 4 rings (SSSR count). The molecule has 0 saturated carbocycles. The van der Waals surface area contributed by atoms with Gasteiger partial charge in [0, 0.05) is 0 Å². The SMILES string of the molecule is CCCC1=[C]([Ti+2][c]2cccc3c2Cc2ccccc2-3)CC=C1.[I-].[I-]. The van der Waals surface area contributed by atoms with Gasteiger partial charge in [-0.2, -0.15) is 0 Å². The van der Waals surface area contributed by atoms with E-state index in [1.165, 1.54) is 36.0 Å². The van der Waals surface area contributed by atoms with Gasteiger partial charge >= 0.3 is 142 Å². The number of hydrogen-bond donors (Lipinski definition) is 0. The van der Waals surface area contributed by atoms with E-state index in [9.17, 15) is 0 Å². The van der Waals surface area contributed by atoms with Crippen molar-refractivity contribution < 1.29 is 67.1 Å². The molecule has 0 aliphatic heterocycles. The Morgan fingerprint density at radius 2 is 1.75 bits per heavy atom. The van der Waals surface area contributed by atoms with Crippen molar-refractivity contribution in [1.29, 1.82) is 0 Å². The van der Waals surface area contributed by atoms with Crippen molar-refractivity contribution in [3.05, 3.63) is 75.2 Å². The molecule has 24 heavy (non-hydrogen) atoms. The van der Waals surface area contributed by atoms with Crippen LogP contribution in [0.2, 0.25) is 0 Å². The minimum absolute atomic E-state index is 0. The van der Waals surface area contributed by atoms with Crippen LogP contribution in [0.4, 0.5) is 0 Å². The summed E-state index contributed by atoms with van der Waals surface area (Å²) in [6.45, 7) is 2.29. The number of allylic oxidation sites excluding steroid dienone is 4. The third-order valence-corrected chi connectivity index (χ3v) is 7.13. The molecule has 0 saturated heterocycles. The van der Waals surface area contributed by atoms with E-state index in [2.05, 4.69) is 61.5 Å². The maximum Gasteiger partial charge on any atom is -1.00 e. The van der Waals surface area contributed by atoms with Gasteiger partial charge in [-0.1, -0.05) is 0 Å². The number of fused-ring (bicyclic) bond motifs is 3. The topological polar surface area (TPSA) is 0 Å². The Morgan fingerprint density at radius 3 is 2.58 bits per heavy atom. The fraction of sp³-hybridized carbons (Fsp3) is 0.238. The number of rotatable bonds is 4. The normalized spacial score (nSPS) is 13.7. The third kappa shape index (κ3) is 3.92. The molecule has 2 aromatic rings. The van der Waals surface area contributed by atoms with Crippen molar-refractivity contribution in [2.75, 3.05) is 0 Å². The van der Waals surface area contributed by atoms with Crippen molar-refractivity contribution in [1.82, 2.24) is 0 Å². The molecule has 2 aliphatic rings. The summed E-state index contributed by atoms with van der Waals surface area (Å²) < 4.78 is 3.41. The Morgan fingerprint density at radius 1 is 0.958 bits per heavy atom. The van der Waals surface area contributed by atoms with Gasteiger partial charge in [-0.05, 0) is 0 Å². The number of hydrogen-bond acceptors (Lipinski definition) is 0. The summed E-state index contributed by atoms with van der Waals surface area (Å²) in [6.07, 6.45) is 9.58. The molecule has 0 radical (unpaired) electrons. The van der Waals surface area contributed by atoms with Gasteiger partial charge in [0.15, 0.2) is 0 Å². The Hall–Kier alpha value is 0.0943. The van der Waals surface area contributed by atoms with Gasteiger partial charge in [-0.3, -0.25) is 0 Å². The standard InChI is InChI=1S/C13H9.C8H11.2HI.Ti/c1-3-7-12-10(5-1)9-11-6-2-4-8-13(11)12;1-2-5-8-6-3-4-7-8;;;/h1-5,7-8H,9H2;3,6H,2,4-5H2,1H3;2*1H;/q;;;;+2/p-2. The Labute approximate surface area is 188 Å². The third-order valence-electron chi connectivity index (χ3n) is 4.68. The van der Waals surface area contributed by atoms with Gasteiger partial charge < -0.3 is 48.0 Å². The second-order valence-electron chi connectivity index (χ2n) is 6.15. The Balaban J connectivity index is 0.00000104. The van der Waals surface area contributed by atoms with Crippen LogP contribution in [0, 0.1) is 0 Å². The van der Waals surface area contributed by atoms with Crippen molar-refractivity contribution in [3.8, 4) is 11.1 Å². The van der Waals surface area contributed by atoms with E-state index in [0.717, 1.165) is 6.42 Å². The fourth-order valence-electron chi connectivity index (χ4n) is 3.62. The predicted molar refractivity (Wildman–Crippen MR) is 90.0 cm³/mol. The van der Waals surface area contributed by atoms with Crippen molar-refractivity contribution >= 4 is 3.87 Å². The largest absolute Gasteiger partial charge is 1.00 e. The summed E-state index contributed by atoms with van der Waals surface area (Å²) >= 11 is -0.177. The first-order chi connectivity index (χ1) is 10.9. The molecule has 0 amide bonds. The van der Waals surface area contributed by atoms with E-state index >= 15 is 0 Å². The molecule has 122 valence electrons. The summed E-state index contributed by atoms with van der Waals surface area (Å²) in [6, 6.07) is 15.9. The van der Waals surface area contributed by atoms with Crippen molar-refractivity contribution in [2.45, 2.75) is 32.6 Å². The van der Waals surface area contributed by atoms with Crippen LogP contribution in [0.1, 0.15) is 37.3 Å². The molecular formula is C21H20I2Ti. The van der Waals surface area contributed by atoms with Gasteiger partial charge in [-0.25, -0.2) is 0 Å². The molecule has 0 nitrogen and oxygen atoms in total. The van der Waals surface area contributed by atoms with Crippen LogP contribution in [0.5, 0.6) is 0 Å². The van der Waals surface area contributed by atoms with E-state index in [-0.39, 0.29) is 67.1 Å². The maximum absolute atomic E-state index is 2.39. The first kappa shape index (κ1) is 20.4. The second-order valence-corrected chi connectivity index (χ2v) is 8.32. The molecule has 0 spiro atoms. The number of halogens is 2. The van der Waals surface area contributed by atoms with E-state index in [1.54, 1.807) is 18.9 Å². The minimum atomic E-state index is -0.177. The molecule has 3 heteroatoms. The first-order valence-corrected chi connectivity index (χ1v) is 9.78. The van der Waals surface area contributed by atoms with Gasteiger partial charge in [0.05, 0.1) is 0 Å². The average molecular weight is 574 g/mol. The summed E-state index contributed by atoms with van der Waals surface area (Å²) in [4.78, 5) is 0. The molecule has 2 aliphatic carbocycles. The van der Waals surface area contributed by atoms with Crippen molar-refractivity contribution in [2.24, 2.45) is 0 Å². The smallest absolute Gasteiger partial charge is 1.00 e. The minimum Gasteiger partial charge on any atom is -1.00 e. The molecule has 0 atom stereocenters. The molecule has 0 unspecified atom stereocenters. The van der Waals surface area contributed by atoms with Crippen LogP contribution in [0.3, 0.4) is 0 Å². The summed E-state index contributed by atoms with van der Waals surface area (Å²) in [5.74, 6) is 0. The van der Waals surface area contributed by atoms with E-state index in [0.29, 0.717) is 0 Å². The zero-order valence-electron chi connectivity index (χ0n) is 13.8. The van der Waals surface area contributed by atoms with Gasteiger partial charge in [0.1, 0.15) is 0 Å². The van der Waals surface area contributed by atoms with E-state index < -0.39 is 0 Å². The van der Waals surface area contributed by atoms with Gasteiger partial charge in [-0.15, -0.1) is 0 Å². The van der Waals surface area contributed by atoms with Crippen LogP contribution < -0.4 is 51.8 Å². The Kier molecular flexibility index (Phi) is 7.78. The molecule has 0 bridgehead atoms. The summed E-state index contributed by atoms with van der Waals surface area (Å²) in [5.41, 5.74) is 7.69. The van der Waals surface area contributed by atoms with E-state index in [1.807, 2.05) is 0 Å².